The van der Waals surface area contributed by atoms with Crippen molar-refractivity contribution < 1.29 is 0 Å². The van der Waals surface area contributed by atoms with Crippen LogP contribution in [0.1, 0.15) is 26.2 Å². The van der Waals surface area contributed by atoms with E-state index in [9.17, 15) is 0 Å². The third-order valence-electron chi connectivity index (χ3n) is 1.91. The Bertz CT molecular complexity index is 110. The van der Waals surface area contributed by atoms with E-state index in [1.54, 1.807) is 0 Å². The van der Waals surface area contributed by atoms with Gasteiger partial charge in [-0.15, -0.1) is 6.58 Å². The Kier molecular flexibility index (Phi) is 7.11. The maximum absolute atomic E-state index is 5.65. The first-order valence-electron chi connectivity index (χ1n) is 4.72. The molecule has 2 N–H and O–H groups in total. The molecule has 0 rings (SSSR count). The van der Waals surface area contributed by atoms with Gasteiger partial charge >= 0.3 is 0 Å². The molecule has 2 nitrogen and oxygen atoms in total. The van der Waals surface area contributed by atoms with Crippen LogP contribution in [0.5, 0.6) is 0 Å². The van der Waals surface area contributed by atoms with E-state index in [0.29, 0.717) is 6.04 Å². The number of hydrogen-bond acceptors (Lipinski definition) is 2. The Morgan fingerprint density at radius 1 is 1.50 bits per heavy atom. The third kappa shape index (κ3) is 7.76. The highest BCUT2D eigenvalue weighted by molar-refractivity contribution is 4.67. The smallest absolute Gasteiger partial charge is 0.00226 e. The summed E-state index contributed by atoms with van der Waals surface area (Å²) in [5.74, 6) is 0. The minimum absolute atomic E-state index is 0.326. The van der Waals surface area contributed by atoms with E-state index in [1.165, 1.54) is 6.42 Å². The third-order valence-corrected chi connectivity index (χ3v) is 1.91. The minimum Gasteiger partial charge on any atom is -0.328 e. The van der Waals surface area contributed by atoms with Gasteiger partial charge in [-0.25, -0.2) is 0 Å². The van der Waals surface area contributed by atoms with Crippen LogP contribution < -0.4 is 5.73 Å². The molecule has 0 radical (unpaired) electrons. The summed E-state index contributed by atoms with van der Waals surface area (Å²) in [5, 5.41) is 0. The zero-order valence-electron chi connectivity index (χ0n) is 8.42. The molecule has 0 aliphatic rings. The van der Waals surface area contributed by atoms with Crippen LogP contribution in [-0.2, 0) is 0 Å². The molecule has 72 valence electrons. The maximum Gasteiger partial charge on any atom is 0.00226 e. The molecular formula is C10H22N2. The highest BCUT2D eigenvalue weighted by Crippen LogP contribution is 1.95. The molecule has 1 unspecified atom stereocenters. The second-order valence-electron chi connectivity index (χ2n) is 3.50. The van der Waals surface area contributed by atoms with Gasteiger partial charge in [0.2, 0.25) is 0 Å². The molecule has 12 heavy (non-hydrogen) atoms. The monoisotopic (exact) mass is 170 g/mol. The number of allylic oxidation sites excluding steroid dienone is 1. The van der Waals surface area contributed by atoms with E-state index in [0.717, 1.165) is 25.9 Å². The molecule has 2 heteroatoms. The first-order valence-corrected chi connectivity index (χ1v) is 4.72. The summed E-state index contributed by atoms with van der Waals surface area (Å²) in [6.45, 7) is 8.00. The normalized spacial score (nSPS) is 13.3. The van der Waals surface area contributed by atoms with Crippen molar-refractivity contribution in [2.45, 2.75) is 32.2 Å². The SMILES string of the molecule is C=CCCCN(C)CCC(C)N. The summed E-state index contributed by atoms with van der Waals surface area (Å²) in [4.78, 5) is 2.33. The van der Waals surface area contributed by atoms with Crippen molar-refractivity contribution in [2.24, 2.45) is 5.73 Å². The average Bonchev–Trinajstić information content (AvgIpc) is 2.01. The number of hydrogen-bond donors (Lipinski definition) is 1. The predicted molar refractivity (Wildman–Crippen MR) is 55.2 cm³/mol. The molecule has 0 aliphatic carbocycles. The van der Waals surface area contributed by atoms with Crippen molar-refractivity contribution in [3.8, 4) is 0 Å². The average molecular weight is 170 g/mol. The predicted octanol–water partition coefficient (Wildman–Crippen LogP) is 1.62. The van der Waals surface area contributed by atoms with E-state index < -0.39 is 0 Å². The summed E-state index contributed by atoms with van der Waals surface area (Å²) in [6, 6.07) is 0.326. The summed E-state index contributed by atoms with van der Waals surface area (Å²) in [7, 11) is 2.14. The second kappa shape index (κ2) is 7.32. The molecule has 0 aromatic carbocycles. The minimum atomic E-state index is 0.326. The number of nitrogens with two attached hydrogens (primary N) is 1. The largest absolute Gasteiger partial charge is 0.328 e. The maximum atomic E-state index is 5.65. The van der Waals surface area contributed by atoms with Crippen molar-refractivity contribution in [3.63, 3.8) is 0 Å². The van der Waals surface area contributed by atoms with Crippen molar-refractivity contribution >= 4 is 0 Å². The first kappa shape index (κ1) is 11.7. The van der Waals surface area contributed by atoms with Crippen LogP contribution in [0.2, 0.25) is 0 Å². The number of unbranched alkanes of at least 4 members (excludes halogenated alkanes) is 1. The zero-order valence-corrected chi connectivity index (χ0v) is 8.42. The molecule has 0 aromatic rings. The van der Waals surface area contributed by atoms with Gasteiger partial charge in [0.05, 0.1) is 0 Å². The van der Waals surface area contributed by atoms with E-state index in [-0.39, 0.29) is 0 Å². The number of nitrogens with zero attached hydrogens (tertiary/aromatic N) is 1. The molecule has 0 saturated heterocycles. The first-order chi connectivity index (χ1) is 5.66. The Morgan fingerprint density at radius 3 is 2.67 bits per heavy atom. The highest BCUT2D eigenvalue weighted by atomic mass is 15.1. The van der Waals surface area contributed by atoms with E-state index in [2.05, 4.69) is 25.5 Å². The number of rotatable bonds is 7. The van der Waals surface area contributed by atoms with E-state index in [1.807, 2.05) is 6.08 Å². The van der Waals surface area contributed by atoms with Crippen molar-refractivity contribution in [3.05, 3.63) is 12.7 Å². The highest BCUT2D eigenvalue weighted by Gasteiger charge is 1.99. The summed E-state index contributed by atoms with van der Waals surface area (Å²) >= 11 is 0. The van der Waals surface area contributed by atoms with Gasteiger partial charge in [-0.3, -0.25) is 0 Å². The molecule has 0 heterocycles. The Labute approximate surface area is 76.4 Å². The van der Waals surface area contributed by atoms with Gasteiger partial charge in [-0.1, -0.05) is 6.08 Å². The molecule has 0 amide bonds. The standard InChI is InChI=1S/C10H22N2/c1-4-5-6-8-12(3)9-7-10(2)11/h4,10H,1,5-9,11H2,2-3H3. The zero-order chi connectivity index (χ0) is 9.40. The van der Waals surface area contributed by atoms with Crippen LogP contribution in [0.3, 0.4) is 0 Å². The van der Waals surface area contributed by atoms with Crippen LogP contribution in [0.15, 0.2) is 12.7 Å². The van der Waals surface area contributed by atoms with Crippen LogP contribution >= 0.6 is 0 Å². The molecular weight excluding hydrogens is 148 g/mol. The lowest BCUT2D eigenvalue weighted by molar-refractivity contribution is 0.317. The van der Waals surface area contributed by atoms with E-state index in [4.69, 9.17) is 5.73 Å². The molecule has 1 atom stereocenters. The molecule has 0 bridgehead atoms. The topological polar surface area (TPSA) is 29.3 Å². The van der Waals surface area contributed by atoms with Crippen LogP contribution in [0.25, 0.3) is 0 Å². The van der Waals surface area contributed by atoms with Crippen molar-refractivity contribution in [1.82, 2.24) is 4.90 Å². The Morgan fingerprint density at radius 2 is 2.17 bits per heavy atom. The molecule has 0 fully saturated rings. The fourth-order valence-electron chi connectivity index (χ4n) is 1.04. The summed E-state index contributed by atoms with van der Waals surface area (Å²) in [6.07, 6.45) is 5.38. The molecule has 0 aromatic heterocycles. The fourth-order valence-corrected chi connectivity index (χ4v) is 1.04. The fraction of sp³-hybridized carbons (Fsp3) is 0.800. The lowest BCUT2D eigenvalue weighted by Gasteiger charge is -2.16. The summed E-state index contributed by atoms with van der Waals surface area (Å²) in [5.41, 5.74) is 5.65. The van der Waals surface area contributed by atoms with Gasteiger partial charge < -0.3 is 10.6 Å². The van der Waals surface area contributed by atoms with E-state index >= 15 is 0 Å². The van der Waals surface area contributed by atoms with Gasteiger partial charge in [0, 0.05) is 6.04 Å². The van der Waals surface area contributed by atoms with Gasteiger partial charge in [-0.05, 0) is 46.3 Å². The van der Waals surface area contributed by atoms with Crippen LogP contribution in [0.4, 0.5) is 0 Å². The molecule has 0 spiro atoms. The van der Waals surface area contributed by atoms with Crippen LogP contribution in [0, 0.1) is 0 Å². The van der Waals surface area contributed by atoms with Gasteiger partial charge in [0.15, 0.2) is 0 Å². The van der Waals surface area contributed by atoms with Crippen molar-refractivity contribution in [2.75, 3.05) is 20.1 Å². The van der Waals surface area contributed by atoms with Gasteiger partial charge in [-0.2, -0.15) is 0 Å². The summed E-state index contributed by atoms with van der Waals surface area (Å²) < 4.78 is 0. The molecule has 0 saturated carbocycles. The van der Waals surface area contributed by atoms with Gasteiger partial charge in [0.1, 0.15) is 0 Å². The second-order valence-corrected chi connectivity index (χ2v) is 3.50. The van der Waals surface area contributed by atoms with Gasteiger partial charge in [0.25, 0.3) is 0 Å². The van der Waals surface area contributed by atoms with Crippen molar-refractivity contribution in [1.29, 1.82) is 0 Å². The quantitative estimate of drug-likeness (QED) is 0.465. The lowest BCUT2D eigenvalue weighted by atomic mass is 10.2. The molecule has 0 aliphatic heterocycles. The Hall–Kier alpha value is -0.340. The lowest BCUT2D eigenvalue weighted by Crippen LogP contribution is -2.26. The van der Waals surface area contributed by atoms with Crippen LogP contribution in [-0.4, -0.2) is 31.1 Å². The Balaban J connectivity index is 3.21.